The first-order chi connectivity index (χ1) is 41.6. The van der Waals surface area contributed by atoms with E-state index in [1.54, 1.807) is 87.9 Å². The summed E-state index contributed by atoms with van der Waals surface area (Å²) < 4.78 is 96.1. The van der Waals surface area contributed by atoms with Crippen LogP contribution >= 0.6 is 12.0 Å². The highest BCUT2D eigenvalue weighted by molar-refractivity contribution is 7.94. The number of nitro groups is 1. The van der Waals surface area contributed by atoms with Crippen molar-refractivity contribution in [3.8, 4) is 11.5 Å². The van der Waals surface area contributed by atoms with Gasteiger partial charge in [0.1, 0.15) is 16.4 Å². The number of ether oxygens (including phenoxy) is 2. The van der Waals surface area contributed by atoms with Gasteiger partial charge < -0.3 is 64.8 Å². The third kappa shape index (κ3) is 26.3. The number of benzene rings is 9. The number of hydrogen-bond donors (Lipinski definition) is 13. The first-order valence-electron chi connectivity index (χ1n) is 25.2. The third-order valence-corrected chi connectivity index (χ3v) is 14.3. The molecule has 1 unspecified atom stereocenters. The molecule has 0 aliphatic rings. The summed E-state index contributed by atoms with van der Waals surface area (Å²) >= 11 is -1.45. The largest absolute Gasteiger partial charge is 0.497 e. The van der Waals surface area contributed by atoms with Gasteiger partial charge in [-0.1, -0.05) is 59.6 Å². The molecule has 9 rings (SSSR count). The van der Waals surface area contributed by atoms with Crippen LogP contribution in [0.4, 0.5) is 68.2 Å². The summed E-state index contributed by atoms with van der Waals surface area (Å²) in [5.74, 6) is 1.57. The van der Waals surface area contributed by atoms with Crippen LogP contribution in [-0.4, -0.2) is 59.1 Å². The predicted octanol–water partition coefficient (Wildman–Crippen LogP) is 11.7. The number of para-hydroxylation sites is 4. The number of nitro benzene ring substituents is 1. The number of rotatable bonds is 13. The Labute approximate surface area is 516 Å². The van der Waals surface area contributed by atoms with Crippen LogP contribution in [0.1, 0.15) is 16.7 Å². The smallest absolute Gasteiger partial charge is 0.296 e. The number of non-ortho nitro benzene ring substituents is 1. The van der Waals surface area contributed by atoms with Crippen LogP contribution in [0.2, 0.25) is 0 Å². The molecule has 468 valence electrons. The standard InChI is InChI=1S/C12H11N3O4S.C12H12N2O3S.2C7H9NO3S.2C7H9NO.C7H9N/c13-8-1-3-9(4-2-8)14-11-6-5-10(15(16)17)7-12(11)20(18)19;13-9-6-7-11(12(8-9)18(15,16)17)14-10-4-2-1-3-5-10;1-5-4-6(12(9,10)11)2-3-7(5)8;1-5-2-3-6(4-7(5)8)12-11-10-9;1-9-7-4-2-6(8)3-5-7;1-9-7-5-3-2-4-6(7)8;1-6-4-2-3-5-7(6)8/h1-7,14H,13H2,(H,18,19);1-8,14H,13H2,(H,15,16,17);2-4H,8H2,1H3,(H,9,10,11);2-4,9H,8H2,1H3;2*2-5H,8H2,1H3;2-5H,8H2,1H3. The molecule has 9 aromatic rings. The van der Waals surface area contributed by atoms with E-state index < -0.39 is 36.2 Å². The maximum atomic E-state index is 11.3. The molecule has 20 N–H and O–H groups in total. The van der Waals surface area contributed by atoms with Gasteiger partial charge in [0, 0.05) is 62.5 Å². The molecule has 88 heavy (non-hydrogen) atoms. The van der Waals surface area contributed by atoms with Crippen molar-refractivity contribution in [3.63, 3.8) is 0 Å². The molecule has 0 aliphatic heterocycles. The molecule has 0 fully saturated rings. The van der Waals surface area contributed by atoms with Gasteiger partial charge in [0.15, 0.2) is 11.1 Å². The van der Waals surface area contributed by atoms with Crippen LogP contribution in [0.3, 0.4) is 0 Å². The maximum Gasteiger partial charge on any atom is 0.296 e. The first kappa shape index (κ1) is 72.6. The van der Waals surface area contributed by atoms with Gasteiger partial charge in [-0.2, -0.15) is 16.8 Å². The minimum atomic E-state index is -4.32. The Morgan fingerprint density at radius 1 is 0.523 bits per heavy atom. The fourth-order valence-electron chi connectivity index (χ4n) is 6.52. The lowest BCUT2D eigenvalue weighted by atomic mass is 10.2. The molecule has 0 saturated carbocycles. The lowest BCUT2D eigenvalue weighted by Gasteiger charge is -2.10. The number of hydrogen-bond acceptors (Lipinski definition) is 22. The van der Waals surface area contributed by atoms with Crippen molar-refractivity contribution in [2.24, 2.45) is 0 Å². The summed E-state index contributed by atoms with van der Waals surface area (Å²) in [6, 6.07) is 55.6. The SMILES string of the molecule is COc1ccc(N)cc1.COc1ccccc1N.Cc1cc(S(=O)(=O)O)ccc1N.Cc1ccc(SOOO)cc1N.Cc1ccccc1N.Nc1ccc(Nc2ccc([N+](=O)[O-])cc2S(=O)O)cc1.Nc1ccc(Nc2ccccc2)c(S(=O)(=O)O)c1. The van der Waals surface area contributed by atoms with Crippen LogP contribution in [0, 0.1) is 30.9 Å². The Kier molecular flexibility index (Phi) is 30.0. The molecule has 9 aromatic carbocycles. The van der Waals surface area contributed by atoms with E-state index in [2.05, 4.69) is 20.0 Å². The van der Waals surface area contributed by atoms with Gasteiger partial charge in [-0.25, -0.2) is 9.47 Å². The quantitative estimate of drug-likeness (QED) is 0.00970. The van der Waals surface area contributed by atoms with Crippen molar-refractivity contribution in [2.45, 2.75) is 40.4 Å². The Balaban J connectivity index is 0.000000275. The molecule has 29 heteroatoms. The molecule has 0 spiro atoms. The molecule has 0 bridgehead atoms. The second-order valence-electron chi connectivity index (χ2n) is 17.8. The number of methoxy groups -OCH3 is 2. The molecule has 25 nitrogen and oxygen atoms in total. The van der Waals surface area contributed by atoms with E-state index in [1.165, 1.54) is 42.5 Å². The summed E-state index contributed by atoms with van der Waals surface area (Å²) in [5.41, 5.74) is 47.4. The Morgan fingerprint density at radius 3 is 1.53 bits per heavy atom. The van der Waals surface area contributed by atoms with E-state index in [0.29, 0.717) is 45.4 Å². The van der Waals surface area contributed by atoms with E-state index in [0.717, 1.165) is 57.0 Å². The summed E-state index contributed by atoms with van der Waals surface area (Å²) in [4.78, 5) is 10.4. The zero-order chi connectivity index (χ0) is 65.6. The minimum Gasteiger partial charge on any atom is -0.497 e. The van der Waals surface area contributed by atoms with Crippen LogP contribution in [0.15, 0.2) is 220 Å². The highest BCUT2D eigenvalue weighted by atomic mass is 32.2. The van der Waals surface area contributed by atoms with Gasteiger partial charge in [0.2, 0.25) is 0 Å². The van der Waals surface area contributed by atoms with Gasteiger partial charge in [0.25, 0.3) is 25.9 Å². The van der Waals surface area contributed by atoms with Crippen LogP contribution in [0.5, 0.6) is 11.5 Å². The topological polar surface area (TPSA) is 453 Å². The lowest BCUT2D eigenvalue weighted by Crippen LogP contribution is -2.04. The van der Waals surface area contributed by atoms with Crippen LogP contribution < -0.4 is 60.2 Å². The van der Waals surface area contributed by atoms with Crippen LogP contribution in [-0.2, 0) is 40.7 Å². The molecular weight excluding hydrogens is 1220 g/mol. The highest BCUT2D eigenvalue weighted by Crippen LogP contribution is 2.30. The van der Waals surface area contributed by atoms with E-state index in [-0.39, 0.29) is 31.7 Å². The number of anilines is 11. The van der Waals surface area contributed by atoms with Gasteiger partial charge in [-0.3, -0.25) is 19.2 Å². The normalized spacial score (nSPS) is 10.6. The number of aryl methyl sites for hydroxylation is 3. The van der Waals surface area contributed by atoms with E-state index >= 15 is 0 Å². The number of nitrogens with zero attached hydrogens (tertiary/aromatic N) is 1. The van der Waals surface area contributed by atoms with Crippen molar-refractivity contribution >= 4 is 112 Å². The number of nitrogen functional groups attached to an aromatic ring is 7. The third-order valence-electron chi connectivity index (χ3n) is 11.3. The van der Waals surface area contributed by atoms with Crippen molar-refractivity contribution in [2.75, 3.05) is 65.0 Å². The summed E-state index contributed by atoms with van der Waals surface area (Å²) in [6.07, 6.45) is 0. The van der Waals surface area contributed by atoms with Crippen molar-refractivity contribution in [3.05, 3.63) is 227 Å². The molecule has 0 saturated heterocycles. The molecule has 0 aliphatic carbocycles. The van der Waals surface area contributed by atoms with Gasteiger partial charge in [-0.15, -0.1) is 4.33 Å². The summed E-state index contributed by atoms with van der Waals surface area (Å²) in [7, 11) is -5.18. The average molecular weight is 1290 g/mol. The Bertz CT molecular complexity index is 3890. The predicted molar refractivity (Wildman–Crippen MR) is 349 cm³/mol. The second kappa shape index (κ2) is 36.4. The molecular formula is C59H68N10O15S4. The van der Waals surface area contributed by atoms with Gasteiger partial charge in [-0.05, 0) is 171 Å². The first-order valence-corrected chi connectivity index (χ1v) is 29.9. The second-order valence-corrected chi connectivity index (χ2v) is 22.3. The molecule has 1 atom stereocenters. The zero-order valence-electron chi connectivity index (χ0n) is 48.0. The fourth-order valence-corrected chi connectivity index (χ4v) is 8.70. The Morgan fingerprint density at radius 2 is 1.05 bits per heavy atom. The fraction of sp³-hybridized carbons (Fsp3) is 0.0847. The van der Waals surface area contributed by atoms with Gasteiger partial charge in [0.05, 0.1) is 58.0 Å². The molecule has 0 radical (unpaired) electrons. The molecule has 0 amide bonds. The van der Waals surface area contributed by atoms with Crippen molar-refractivity contribution in [1.82, 2.24) is 0 Å². The number of nitrogens with two attached hydrogens (primary N) is 7. The Hall–Kier alpha value is -9.66. The maximum absolute atomic E-state index is 11.3. The molecule has 0 heterocycles. The monoisotopic (exact) mass is 1280 g/mol. The average Bonchev–Trinajstić information content (AvgIpc) is 3.37. The lowest BCUT2D eigenvalue weighted by molar-refractivity contribution is -0.432. The van der Waals surface area contributed by atoms with Crippen molar-refractivity contribution in [1.29, 1.82) is 0 Å². The van der Waals surface area contributed by atoms with Gasteiger partial charge >= 0.3 is 0 Å². The van der Waals surface area contributed by atoms with E-state index in [1.807, 2.05) is 98.8 Å². The molecule has 0 aromatic heterocycles. The summed E-state index contributed by atoms with van der Waals surface area (Å²) in [5, 5.41) is 27.8. The van der Waals surface area contributed by atoms with E-state index in [4.69, 9.17) is 64.0 Å². The minimum absolute atomic E-state index is 0.0592. The highest BCUT2D eigenvalue weighted by Gasteiger charge is 2.17. The summed E-state index contributed by atoms with van der Waals surface area (Å²) in [6.45, 7) is 5.58. The van der Waals surface area contributed by atoms with Crippen molar-refractivity contribution < 1.29 is 63.7 Å². The van der Waals surface area contributed by atoms with E-state index in [9.17, 15) is 35.7 Å². The van der Waals surface area contributed by atoms with Crippen LogP contribution in [0.25, 0.3) is 0 Å². The number of nitrogens with one attached hydrogen (secondary N) is 2. The zero-order valence-corrected chi connectivity index (χ0v) is 51.2.